The molecule has 0 spiro atoms. The van der Waals surface area contributed by atoms with Gasteiger partial charge in [-0.3, -0.25) is 0 Å². The highest BCUT2D eigenvalue weighted by Gasteiger charge is 2.30. The summed E-state index contributed by atoms with van der Waals surface area (Å²) in [4.78, 5) is -0.0554. The summed E-state index contributed by atoms with van der Waals surface area (Å²) in [5.41, 5.74) is 0. The van der Waals surface area contributed by atoms with E-state index in [0.29, 0.717) is 6.54 Å². The van der Waals surface area contributed by atoms with E-state index in [4.69, 9.17) is 4.74 Å². The quantitative estimate of drug-likeness (QED) is 0.891. The van der Waals surface area contributed by atoms with Gasteiger partial charge in [0.1, 0.15) is 0 Å². The van der Waals surface area contributed by atoms with Crippen LogP contribution in [0.15, 0.2) is 23.1 Å². The Bertz CT molecular complexity index is 556. The zero-order chi connectivity index (χ0) is 14.0. The number of nitrogens with zero attached hydrogens (tertiary/aromatic N) is 1. The summed E-state index contributed by atoms with van der Waals surface area (Å²) < 4.78 is 44.4. The summed E-state index contributed by atoms with van der Waals surface area (Å²) >= 11 is 0. The Kier molecular flexibility index (Phi) is 4.07. The first-order chi connectivity index (χ1) is 8.96. The fourth-order valence-corrected chi connectivity index (χ4v) is 3.52. The lowest BCUT2D eigenvalue weighted by Gasteiger charge is -2.23. The molecule has 1 aromatic rings. The Morgan fingerprint density at radius 3 is 2.74 bits per heavy atom. The molecule has 1 aliphatic heterocycles. The highest BCUT2D eigenvalue weighted by molar-refractivity contribution is 7.89. The van der Waals surface area contributed by atoms with E-state index in [1.165, 1.54) is 30.6 Å². The molecule has 7 heteroatoms. The second-order valence-corrected chi connectivity index (χ2v) is 6.46. The number of likely N-dealkylation sites (N-methyl/N-ethyl adjacent to an activating group) is 1. The third-order valence-electron chi connectivity index (χ3n) is 3.35. The van der Waals surface area contributed by atoms with E-state index in [0.717, 1.165) is 19.0 Å². The van der Waals surface area contributed by atoms with Gasteiger partial charge < -0.3 is 10.1 Å². The zero-order valence-electron chi connectivity index (χ0n) is 10.9. The molecule has 1 saturated heterocycles. The largest absolute Gasteiger partial charge is 0.494 e. The molecule has 5 nitrogen and oxygen atoms in total. The van der Waals surface area contributed by atoms with Gasteiger partial charge in [0.25, 0.3) is 0 Å². The van der Waals surface area contributed by atoms with Crippen molar-refractivity contribution in [3.63, 3.8) is 0 Å². The molecule has 2 rings (SSSR count). The minimum atomic E-state index is -3.67. The second-order valence-electron chi connectivity index (χ2n) is 4.46. The average Bonchev–Trinajstić information content (AvgIpc) is 2.91. The SMILES string of the molecule is COc1ccc(S(=O)(=O)N(C)[C@@H]2CCNC2)cc1F. The Hall–Kier alpha value is -1.18. The molecular weight excluding hydrogens is 271 g/mol. The Morgan fingerprint density at radius 1 is 1.47 bits per heavy atom. The molecule has 0 unspecified atom stereocenters. The zero-order valence-corrected chi connectivity index (χ0v) is 11.7. The van der Waals surface area contributed by atoms with E-state index in [1.54, 1.807) is 0 Å². The molecule has 106 valence electrons. The van der Waals surface area contributed by atoms with Crippen molar-refractivity contribution >= 4 is 10.0 Å². The van der Waals surface area contributed by atoms with E-state index >= 15 is 0 Å². The van der Waals surface area contributed by atoms with Gasteiger partial charge in [0, 0.05) is 19.6 Å². The van der Waals surface area contributed by atoms with Crippen LogP contribution in [0.5, 0.6) is 5.75 Å². The summed E-state index contributed by atoms with van der Waals surface area (Å²) in [7, 11) is -0.813. The summed E-state index contributed by atoms with van der Waals surface area (Å²) in [5.74, 6) is -0.648. The van der Waals surface area contributed by atoms with Gasteiger partial charge in [-0.1, -0.05) is 0 Å². The maximum atomic E-state index is 13.6. The van der Waals surface area contributed by atoms with Crippen LogP contribution in [0.2, 0.25) is 0 Å². The van der Waals surface area contributed by atoms with E-state index < -0.39 is 15.8 Å². The number of sulfonamides is 1. The third kappa shape index (κ3) is 2.72. The second kappa shape index (κ2) is 5.44. The normalized spacial score (nSPS) is 19.9. The molecular formula is C12H17FN2O3S. The van der Waals surface area contributed by atoms with Crippen molar-refractivity contribution < 1.29 is 17.5 Å². The standard InChI is InChI=1S/C12H17FN2O3S/c1-15(9-5-6-14-8-9)19(16,17)10-3-4-12(18-2)11(13)7-10/h3-4,7,9,14H,5-6,8H2,1-2H3/t9-/m1/s1. The first kappa shape index (κ1) is 14.2. The highest BCUT2D eigenvalue weighted by atomic mass is 32.2. The number of rotatable bonds is 4. The molecule has 0 radical (unpaired) electrons. The first-order valence-electron chi connectivity index (χ1n) is 5.99. The lowest BCUT2D eigenvalue weighted by molar-refractivity contribution is 0.381. The van der Waals surface area contributed by atoms with Crippen LogP contribution in [0.25, 0.3) is 0 Å². The molecule has 0 aliphatic carbocycles. The van der Waals surface area contributed by atoms with Crippen LogP contribution in [0.3, 0.4) is 0 Å². The van der Waals surface area contributed by atoms with Crippen LogP contribution in [-0.2, 0) is 10.0 Å². The lowest BCUT2D eigenvalue weighted by Crippen LogP contribution is -2.38. The maximum Gasteiger partial charge on any atom is 0.243 e. The number of benzene rings is 1. The van der Waals surface area contributed by atoms with Crippen molar-refractivity contribution in [2.24, 2.45) is 0 Å². The smallest absolute Gasteiger partial charge is 0.243 e. The monoisotopic (exact) mass is 288 g/mol. The van der Waals surface area contributed by atoms with Crippen LogP contribution in [-0.4, -0.2) is 46.0 Å². The molecule has 0 aromatic heterocycles. The topological polar surface area (TPSA) is 58.6 Å². The van der Waals surface area contributed by atoms with Crippen molar-refractivity contribution in [2.75, 3.05) is 27.2 Å². The van der Waals surface area contributed by atoms with E-state index in [-0.39, 0.29) is 16.7 Å². The van der Waals surface area contributed by atoms with Gasteiger partial charge in [0.15, 0.2) is 11.6 Å². The fourth-order valence-electron chi connectivity index (χ4n) is 2.12. The Balaban J connectivity index is 2.30. The highest BCUT2D eigenvalue weighted by Crippen LogP contribution is 2.24. The first-order valence-corrected chi connectivity index (χ1v) is 7.43. The summed E-state index contributed by atoms with van der Waals surface area (Å²) in [5, 5.41) is 3.11. The molecule has 0 saturated carbocycles. The van der Waals surface area contributed by atoms with Gasteiger partial charge in [-0.2, -0.15) is 4.31 Å². The molecule has 19 heavy (non-hydrogen) atoms. The van der Waals surface area contributed by atoms with E-state index in [1.807, 2.05) is 0 Å². The van der Waals surface area contributed by atoms with E-state index in [2.05, 4.69) is 5.32 Å². The molecule has 1 aliphatic rings. The number of methoxy groups -OCH3 is 1. The Morgan fingerprint density at radius 2 is 2.21 bits per heavy atom. The molecule has 1 N–H and O–H groups in total. The molecule has 1 atom stereocenters. The van der Waals surface area contributed by atoms with Crippen molar-refractivity contribution in [1.82, 2.24) is 9.62 Å². The minimum absolute atomic E-state index is 0.0316. The van der Waals surface area contributed by atoms with Gasteiger partial charge in [-0.05, 0) is 31.2 Å². The summed E-state index contributed by atoms with van der Waals surface area (Å²) in [6.45, 7) is 1.41. The Labute approximate surface area is 112 Å². The predicted molar refractivity (Wildman–Crippen MR) is 69.2 cm³/mol. The molecule has 1 aromatic carbocycles. The summed E-state index contributed by atoms with van der Waals surface area (Å²) in [6, 6.07) is 3.58. The predicted octanol–water partition coefficient (Wildman–Crippen LogP) is 0.817. The molecule has 0 bridgehead atoms. The molecule has 0 amide bonds. The van der Waals surface area contributed by atoms with Crippen LogP contribution in [0, 0.1) is 5.82 Å². The van der Waals surface area contributed by atoms with Gasteiger partial charge in [0.2, 0.25) is 10.0 Å². The third-order valence-corrected chi connectivity index (χ3v) is 5.25. The van der Waals surface area contributed by atoms with Gasteiger partial charge in [-0.15, -0.1) is 0 Å². The number of halogens is 1. The fraction of sp³-hybridized carbons (Fsp3) is 0.500. The molecule has 1 heterocycles. The van der Waals surface area contributed by atoms with Crippen molar-refractivity contribution in [3.8, 4) is 5.75 Å². The maximum absolute atomic E-state index is 13.6. The number of hydrogen-bond acceptors (Lipinski definition) is 4. The number of ether oxygens (including phenoxy) is 1. The van der Waals surface area contributed by atoms with Crippen molar-refractivity contribution in [3.05, 3.63) is 24.0 Å². The van der Waals surface area contributed by atoms with Crippen LogP contribution in [0.4, 0.5) is 4.39 Å². The van der Waals surface area contributed by atoms with Gasteiger partial charge >= 0.3 is 0 Å². The lowest BCUT2D eigenvalue weighted by atomic mass is 10.3. The van der Waals surface area contributed by atoms with Gasteiger partial charge in [-0.25, -0.2) is 12.8 Å². The van der Waals surface area contributed by atoms with Gasteiger partial charge in [0.05, 0.1) is 12.0 Å². The van der Waals surface area contributed by atoms with Crippen LogP contribution < -0.4 is 10.1 Å². The van der Waals surface area contributed by atoms with Crippen molar-refractivity contribution in [2.45, 2.75) is 17.4 Å². The van der Waals surface area contributed by atoms with E-state index in [9.17, 15) is 12.8 Å². The summed E-state index contributed by atoms with van der Waals surface area (Å²) in [6.07, 6.45) is 0.758. The number of nitrogens with one attached hydrogen (secondary N) is 1. The molecule has 1 fully saturated rings. The van der Waals surface area contributed by atoms with Crippen LogP contribution >= 0.6 is 0 Å². The van der Waals surface area contributed by atoms with Crippen LogP contribution in [0.1, 0.15) is 6.42 Å². The van der Waals surface area contributed by atoms with Crippen molar-refractivity contribution in [1.29, 1.82) is 0 Å². The minimum Gasteiger partial charge on any atom is -0.494 e. The number of hydrogen-bond donors (Lipinski definition) is 1. The average molecular weight is 288 g/mol.